The Morgan fingerprint density at radius 2 is 2.10 bits per heavy atom. The van der Waals surface area contributed by atoms with Crippen LogP contribution in [0.5, 0.6) is 5.75 Å². The maximum atomic E-state index is 14.1. The molecule has 1 unspecified atom stereocenters. The van der Waals surface area contributed by atoms with Gasteiger partial charge in [-0.15, -0.1) is 0 Å². The van der Waals surface area contributed by atoms with Crippen LogP contribution < -0.4 is 15.4 Å². The van der Waals surface area contributed by atoms with Gasteiger partial charge in [0, 0.05) is 10.9 Å². The number of piperidine rings is 1. The van der Waals surface area contributed by atoms with Gasteiger partial charge >= 0.3 is 0 Å². The molecular formula is C22H20F4N2O3. The maximum Gasteiger partial charge on any atom is 0.280 e. The van der Waals surface area contributed by atoms with Crippen LogP contribution in [0.1, 0.15) is 28.1 Å². The first-order valence-corrected chi connectivity index (χ1v) is 9.74. The van der Waals surface area contributed by atoms with Crippen molar-refractivity contribution in [2.75, 3.05) is 13.1 Å². The molecule has 2 heterocycles. The monoisotopic (exact) mass is 436 g/mol. The van der Waals surface area contributed by atoms with Crippen molar-refractivity contribution in [1.29, 1.82) is 0 Å². The van der Waals surface area contributed by atoms with E-state index >= 15 is 0 Å². The molecule has 164 valence electrons. The highest BCUT2D eigenvalue weighted by atomic mass is 19.3. The molecule has 1 saturated heterocycles. The number of nitrogens with one attached hydrogen (secondary N) is 2. The van der Waals surface area contributed by atoms with Crippen molar-refractivity contribution in [1.82, 2.24) is 10.6 Å². The molecule has 0 aliphatic carbocycles. The number of carbonyl (C=O) groups is 1. The molecule has 1 aliphatic rings. The largest absolute Gasteiger partial charge is 0.489 e. The van der Waals surface area contributed by atoms with Crippen LogP contribution in [-0.2, 0) is 6.61 Å². The predicted molar refractivity (Wildman–Crippen MR) is 105 cm³/mol. The van der Waals surface area contributed by atoms with E-state index in [1.54, 1.807) is 19.1 Å². The van der Waals surface area contributed by atoms with Gasteiger partial charge in [-0.1, -0.05) is 12.1 Å². The number of ether oxygens (including phenoxy) is 1. The number of furan rings is 1. The number of alkyl halides is 2. The molecule has 1 amide bonds. The fourth-order valence-corrected chi connectivity index (χ4v) is 3.64. The average Bonchev–Trinajstić information content (AvgIpc) is 3.05. The molecule has 0 radical (unpaired) electrons. The van der Waals surface area contributed by atoms with E-state index in [4.69, 9.17) is 9.15 Å². The number of hydrogen-bond donors (Lipinski definition) is 2. The Bertz CT molecular complexity index is 1130. The Morgan fingerprint density at radius 3 is 2.87 bits per heavy atom. The van der Waals surface area contributed by atoms with Crippen molar-refractivity contribution in [2.24, 2.45) is 0 Å². The van der Waals surface area contributed by atoms with Crippen molar-refractivity contribution in [3.8, 4) is 5.75 Å². The summed E-state index contributed by atoms with van der Waals surface area (Å²) in [5, 5.41) is 5.40. The van der Waals surface area contributed by atoms with Gasteiger partial charge in [-0.25, -0.2) is 17.6 Å². The highest BCUT2D eigenvalue weighted by molar-refractivity contribution is 6.07. The molecule has 2 aromatic carbocycles. The standard InChI is InChI=1S/C22H20F4N2O3/c1-12-19(21(29)28-18-7-8-27-11-22(18,25)26)15-9-14(5-6-17(15)31-12)30-10-13-3-2-4-16(23)20(13)24/h2-6,9,18,27H,7-8,10-11H2,1H3,(H,28,29). The number of rotatable bonds is 5. The lowest BCUT2D eigenvalue weighted by Gasteiger charge is -2.32. The zero-order chi connectivity index (χ0) is 22.2. The molecule has 5 nitrogen and oxygen atoms in total. The first-order valence-electron chi connectivity index (χ1n) is 9.74. The van der Waals surface area contributed by atoms with E-state index in [9.17, 15) is 22.4 Å². The van der Waals surface area contributed by atoms with Crippen molar-refractivity contribution in [3.63, 3.8) is 0 Å². The summed E-state index contributed by atoms with van der Waals surface area (Å²) in [5.41, 5.74) is 0.547. The number of hydrogen-bond acceptors (Lipinski definition) is 4. The average molecular weight is 436 g/mol. The molecule has 0 spiro atoms. The number of benzene rings is 2. The third kappa shape index (κ3) is 4.23. The Balaban J connectivity index is 1.57. The van der Waals surface area contributed by atoms with Crippen molar-refractivity contribution >= 4 is 16.9 Å². The summed E-state index contributed by atoms with van der Waals surface area (Å²) < 4.78 is 66.5. The summed E-state index contributed by atoms with van der Waals surface area (Å²) in [7, 11) is 0. The number of halogens is 4. The number of carbonyl (C=O) groups excluding carboxylic acids is 1. The van der Waals surface area contributed by atoms with Crippen LogP contribution in [0.25, 0.3) is 11.0 Å². The van der Waals surface area contributed by atoms with Crippen molar-refractivity contribution in [2.45, 2.75) is 31.9 Å². The molecule has 1 aliphatic heterocycles. The number of amides is 1. The number of aryl methyl sites for hydroxylation is 1. The van der Waals surface area contributed by atoms with Gasteiger partial charge in [0.2, 0.25) is 0 Å². The van der Waals surface area contributed by atoms with Gasteiger partial charge < -0.3 is 19.8 Å². The summed E-state index contributed by atoms with van der Waals surface area (Å²) in [6.07, 6.45) is 0.0983. The van der Waals surface area contributed by atoms with Crippen LogP contribution in [0.4, 0.5) is 17.6 Å². The molecule has 9 heteroatoms. The van der Waals surface area contributed by atoms with E-state index in [-0.39, 0.29) is 29.9 Å². The highest BCUT2D eigenvalue weighted by Crippen LogP contribution is 2.31. The van der Waals surface area contributed by atoms with Crippen LogP contribution in [-0.4, -0.2) is 31.0 Å². The van der Waals surface area contributed by atoms with Crippen molar-refractivity contribution < 1.29 is 31.5 Å². The SMILES string of the molecule is Cc1oc2ccc(OCc3cccc(F)c3F)cc2c1C(=O)NC1CCNCC1(F)F. The second-order valence-corrected chi connectivity index (χ2v) is 7.45. The first kappa shape index (κ1) is 21.2. The van der Waals surface area contributed by atoms with Gasteiger partial charge in [0.1, 0.15) is 23.7 Å². The highest BCUT2D eigenvalue weighted by Gasteiger charge is 2.42. The number of fused-ring (bicyclic) bond motifs is 1. The molecule has 0 bridgehead atoms. The second-order valence-electron chi connectivity index (χ2n) is 7.45. The van der Waals surface area contributed by atoms with Crippen LogP contribution in [0, 0.1) is 18.6 Å². The zero-order valence-electron chi connectivity index (χ0n) is 16.6. The summed E-state index contributed by atoms with van der Waals surface area (Å²) in [5.74, 6) is -5.14. The molecule has 2 N–H and O–H groups in total. The second kappa shape index (κ2) is 8.22. The fraction of sp³-hybridized carbons (Fsp3) is 0.318. The third-order valence-electron chi connectivity index (χ3n) is 5.27. The summed E-state index contributed by atoms with van der Waals surface area (Å²) in [4.78, 5) is 12.8. The first-order chi connectivity index (χ1) is 14.8. The molecule has 0 saturated carbocycles. The van der Waals surface area contributed by atoms with E-state index in [1.807, 2.05) is 0 Å². The van der Waals surface area contributed by atoms with Crippen LogP contribution in [0.15, 0.2) is 40.8 Å². The van der Waals surface area contributed by atoms with E-state index < -0.39 is 36.1 Å². The minimum Gasteiger partial charge on any atom is -0.489 e. The lowest BCUT2D eigenvalue weighted by atomic mass is 10.0. The lowest BCUT2D eigenvalue weighted by Crippen LogP contribution is -2.57. The minimum absolute atomic E-state index is 0.0366. The molecule has 1 fully saturated rings. The van der Waals surface area contributed by atoms with E-state index in [1.165, 1.54) is 18.2 Å². The Labute approximate surface area is 175 Å². The van der Waals surface area contributed by atoms with Crippen LogP contribution >= 0.6 is 0 Å². The molecule has 1 atom stereocenters. The van der Waals surface area contributed by atoms with E-state index in [0.717, 1.165) is 6.07 Å². The fourth-order valence-electron chi connectivity index (χ4n) is 3.64. The van der Waals surface area contributed by atoms with E-state index in [2.05, 4.69) is 10.6 Å². The zero-order valence-corrected chi connectivity index (χ0v) is 16.6. The quantitative estimate of drug-likeness (QED) is 0.585. The molecule has 3 aromatic rings. The Hall–Kier alpha value is -3.07. The normalized spacial score (nSPS) is 18.2. The van der Waals surface area contributed by atoms with E-state index in [0.29, 0.717) is 23.3 Å². The molecule has 4 rings (SSSR count). The summed E-state index contributed by atoms with van der Waals surface area (Å²) in [6.45, 7) is 1.21. The van der Waals surface area contributed by atoms with Gasteiger partial charge in [0.05, 0.1) is 18.2 Å². The van der Waals surface area contributed by atoms with Crippen molar-refractivity contribution in [3.05, 3.63) is 64.9 Å². The maximum absolute atomic E-state index is 14.1. The third-order valence-corrected chi connectivity index (χ3v) is 5.27. The lowest BCUT2D eigenvalue weighted by molar-refractivity contribution is -0.0487. The summed E-state index contributed by atoms with van der Waals surface area (Å²) in [6, 6.07) is 7.13. The Kier molecular flexibility index (Phi) is 5.62. The molecular weight excluding hydrogens is 416 g/mol. The smallest absolute Gasteiger partial charge is 0.280 e. The summed E-state index contributed by atoms with van der Waals surface area (Å²) >= 11 is 0. The van der Waals surface area contributed by atoms with Gasteiger partial charge in [-0.3, -0.25) is 4.79 Å². The van der Waals surface area contributed by atoms with Crippen LogP contribution in [0.3, 0.4) is 0 Å². The van der Waals surface area contributed by atoms with Crippen LogP contribution in [0.2, 0.25) is 0 Å². The van der Waals surface area contributed by atoms with Gasteiger partial charge in [0.15, 0.2) is 11.6 Å². The van der Waals surface area contributed by atoms with Gasteiger partial charge in [-0.05, 0) is 44.2 Å². The predicted octanol–water partition coefficient (Wildman–Crippen LogP) is 4.33. The Morgan fingerprint density at radius 1 is 1.29 bits per heavy atom. The topological polar surface area (TPSA) is 63.5 Å². The molecule has 31 heavy (non-hydrogen) atoms. The molecule has 1 aromatic heterocycles. The van der Waals surface area contributed by atoms with Gasteiger partial charge in [-0.2, -0.15) is 0 Å². The minimum atomic E-state index is -3.06. The van der Waals surface area contributed by atoms with Gasteiger partial charge in [0.25, 0.3) is 11.8 Å².